The third kappa shape index (κ3) is 2.33. The van der Waals surface area contributed by atoms with Crippen LogP contribution in [-0.4, -0.2) is 36.7 Å². The minimum Gasteiger partial charge on any atom is -0.377 e. The SMILES string of the molecule is NC(=O)C1COCCN1c1cccc(Br)n1. The predicted molar refractivity (Wildman–Crippen MR) is 63.1 cm³/mol. The van der Waals surface area contributed by atoms with Crippen LogP contribution in [0.4, 0.5) is 5.82 Å². The summed E-state index contributed by atoms with van der Waals surface area (Å²) >= 11 is 3.30. The third-order valence-corrected chi connectivity index (χ3v) is 2.89. The number of carbonyl (C=O) groups is 1. The molecule has 16 heavy (non-hydrogen) atoms. The lowest BCUT2D eigenvalue weighted by molar-refractivity contribution is -0.121. The lowest BCUT2D eigenvalue weighted by Crippen LogP contribution is -2.53. The van der Waals surface area contributed by atoms with Gasteiger partial charge in [0.2, 0.25) is 5.91 Å². The Morgan fingerprint density at radius 2 is 2.44 bits per heavy atom. The number of pyridine rings is 1. The van der Waals surface area contributed by atoms with Crippen LogP contribution in [0.3, 0.4) is 0 Å². The molecule has 0 radical (unpaired) electrons. The first-order valence-electron chi connectivity index (χ1n) is 4.95. The van der Waals surface area contributed by atoms with Crippen molar-refractivity contribution in [2.45, 2.75) is 6.04 Å². The first-order valence-corrected chi connectivity index (χ1v) is 5.74. The molecule has 1 atom stereocenters. The van der Waals surface area contributed by atoms with Crippen molar-refractivity contribution in [2.75, 3.05) is 24.7 Å². The summed E-state index contributed by atoms with van der Waals surface area (Å²) in [6, 6.07) is 5.13. The average molecular weight is 286 g/mol. The van der Waals surface area contributed by atoms with Gasteiger partial charge >= 0.3 is 0 Å². The van der Waals surface area contributed by atoms with Crippen LogP contribution in [-0.2, 0) is 9.53 Å². The molecule has 2 heterocycles. The Labute approximate surface area is 102 Å². The van der Waals surface area contributed by atoms with Crippen LogP contribution in [0.1, 0.15) is 0 Å². The van der Waals surface area contributed by atoms with Gasteiger partial charge in [0.25, 0.3) is 0 Å². The van der Waals surface area contributed by atoms with Crippen molar-refractivity contribution in [1.82, 2.24) is 4.98 Å². The molecule has 1 saturated heterocycles. The average Bonchev–Trinajstić information content (AvgIpc) is 2.29. The maximum Gasteiger partial charge on any atom is 0.242 e. The number of anilines is 1. The van der Waals surface area contributed by atoms with Crippen molar-refractivity contribution in [3.8, 4) is 0 Å². The molecule has 6 heteroatoms. The predicted octanol–water partition coefficient (Wildman–Crippen LogP) is 0.535. The number of primary amides is 1. The van der Waals surface area contributed by atoms with Crippen molar-refractivity contribution < 1.29 is 9.53 Å². The Morgan fingerprint density at radius 1 is 1.62 bits per heavy atom. The van der Waals surface area contributed by atoms with Crippen LogP contribution in [0.25, 0.3) is 0 Å². The monoisotopic (exact) mass is 285 g/mol. The second-order valence-corrected chi connectivity index (χ2v) is 4.32. The van der Waals surface area contributed by atoms with Gasteiger partial charge < -0.3 is 15.4 Å². The summed E-state index contributed by atoms with van der Waals surface area (Å²) in [6.07, 6.45) is 0. The number of morpholine rings is 1. The Bertz CT molecular complexity index is 399. The number of carbonyl (C=O) groups excluding carboxylic acids is 1. The lowest BCUT2D eigenvalue weighted by Gasteiger charge is -2.34. The fourth-order valence-electron chi connectivity index (χ4n) is 1.67. The van der Waals surface area contributed by atoms with Crippen LogP contribution in [0.15, 0.2) is 22.8 Å². The van der Waals surface area contributed by atoms with E-state index in [2.05, 4.69) is 20.9 Å². The second kappa shape index (κ2) is 4.80. The molecule has 86 valence electrons. The van der Waals surface area contributed by atoms with Gasteiger partial charge in [0, 0.05) is 6.54 Å². The van der Waals surface area contributed by atoms with E-state index in [-0.39, 0.29) is 5.91 Å². The fraction of sp³-hybridized carbons (Fsp3) is 0.400. The lowest BCUT2D eigenvalue weighted by atomic mass is 10.2. The van der Waals surface area contributed by atoms with Gasteiger partial charge in [0.15, 0.2) is 0 Å². The van der Waals surface area contributed by atoms with Crippen molar-refractivity contribution in [3.05, 3.63) is 22.8 Å². The first kappa shape index (κ1) is 11.3. The van der Waals surface area contributed by atoms with Gasteiger partial charge in [-0.1, -0.05) is 6.07 Å². The summed E-state index contributed by atoms with van der Waals surface area (Å²) in [7, 11) is 0. The molecular formula is C10H12BrN3O2. The fourth-order valence-corrected chi connectivity index (χ4v) is 2.01. The summed E-state index contributed by atoms with van der Waals surface area (Å²) in [4.78, 5) is 17.5. The topological polar surface area (TPSA) is 68.5 Å². The summed E-state index contributed by atoms with van der Waals surface area (Å²) in [5.41, 5.74) is 5.33. The number of nitrogens with two attached hydrogens (primary N) is 1. The van der Waals surface area contributed by atoms with Crippen LogP contribution >= 0.6 is 15.9 Å². The standard InChI is InChI=1S/C10H12BrN3O2/c11-8-2-1-3-9(13-8)14-4-5-16-6-7(14)10(12)15/h1-3,7H,4-6H2,(H2,12,15). The van der Waals surface area contributed by atoms with Crippen molar-refractivity contribution in [3.63, 3.8) is 0 Å². The van der Waals surface area contributed by atoms with Crippen LogP contribution in [0.2, 0.25) is 0 Å². The highest BCUT2D eigenvalue weighted by molar-refractivity contribution is 9.10. The molecule has 2 N–H and O–H groups in total. The molecule has 5 nitrogen and oxygen atoms in total. The van der Waals surface area contributed by atoms with E-state index in [4.69, 9.17) is 10.5 Å². The molecular weight excluding hydrogens is 274 g/mol. The van der Waals surface area contributed by atoms with E-state index in [1.807, 2.05) is 23.1 Å². The van der Waals surface area contributed by atoms with Crippen molar-refractivity contribution in [2.24, 2.45) is 5.73 Å². The number of ether oxygens (including phenoxy) is 1. The summed E-state index contributed by atoms with van der Waals surface area (Å²) in [5.74, 6) is 0.350. The molecule has 0 aromatic carbocycles. The van der Waals surface area contributed by atoms with E-state index in [9.17, 15) is 4.79 Å². The van der Waals surface area contributed by atoms with E-state index in [1.54, 1.807) is 0 Å². The molecule has 1 unspecified atom stereocenters. The number of hydrogen-bond acceptors (Lipinski definition) is 4. The molecule has 1 fully saturated rings. The van der Waals surface area contributed by atoms with Gasteiger partial charge in [-0.05, 0) is 28.1 Å². The van der Waals surface area contributed by atoms with Crippen LogP contribution in [0, 0.1) is 0 Å². The largest absolute Gasteiger partial charge is 0.377 e. The highest BCUT2D eigenvalue weighted by atomic mass is 79.9. The molecule has 1 aliphatic rings. The number of aromatic nitrogens is 1. The highest BCUT2D eigenvalue weighted by Gasteiger charge is 2.28. The molecule has 0 spiro atoms. The molecule has 1 aromatic heterocycles. The maximum atomic E-state index is 11.3. The number of nitrogens with zero attached hydrogens (tertiary/aromatic N) is 2. The maximum absolute atomic E-state index is 11.3. The van der Waals surface area contributed by atoms with Gasteiger partial charge in [0.05, 0.1) is 13.2 Å². The third-order valence-electron chi connectivity index (χ3n) is 2.45. The molecule has 2 rings (SSSR count). The Morgan fingerprint density at radius 3 is 3.12 bits per heavy atom. The van der Waals surface area contributed by atoms with E-state index in [0.29, 0.717) is 19.8 Å². The van der Waals surface area contributed by atoms with Gasteiger partial charge in [0.1, 0.15) is 16.5 Å². The zero-order chi connectivity index (χ0) is 11.5. The number of halogens is 1. The highest BCUT2D eigenvalue weighted by Crippen LogP contribution is 2.19. The second-order valence-electron chi connectivity index (χ2n) is 3.50. The molecule has 1 amide bonds. The van der Waals surface area contributed by atoms with E-state index >= 15 is 0 Å². The normalized spacial score (nSPS) is 20.8. The van der Waals surface area contributed by atoms with Crippen LogP contribution in [0.5, 0.6) is 0 Å². The minimum absolute atomic E-state index is 0.323. The molecule has 1 aliphatic heterocycles. The van der Waals surface area contributed by atoms with Gasteiger partial charge in [-0.15, -0.1) is 0 Å². The van der Waals surface area contributed by atoms with E-state index in [0.717, 1.165) is 10.4 Å². The van der Waals surface area contributed by atoms with Gasteiger partial charge in [-0.3, -0.25) is 4.79 Å². The smallest absolute Gasteiger partial charge is 0.242 e. The Kier molecular flexibility index (Phi) is 3.40. The summed E-state index contributed by atoms with van der Waals surface area (Å²) in [6.45, 7) is 1.53. The van der Waals surface area contributed by atoms with Crippen molar-refractivity contribution in [1.29, 1.82) is 0 Å². The first-order chi connectivity index (χ1) is 7.68. The van der Waals surface area contributed by atoms with E-state index < -0.39 is 6.04 Å². The summed E-state index contributed by atoms with van der Waals surface area (Å²) < 4.78 is 5.98. The van der Waals surface area contributed by atoms with E-state index in [1.165, 1.54) is 0 Å². The van der Waals surface area contributed by atoms with Gasteiger partial charge in [-0.2, -0.15) is 0 Å². The van der Waals surface area contributed by atoms with Gasteiger partial charge in [-0.25, -0.2) is 4.98 Å². The quantitative estimate of drug-likeness (QED) is 0.805. The number of hydrogen-bond donors (Lipinski definition) is 1. The number of amides is 1. The molecule has 1 aromatic rings. The zero-order valence-corrected chi connectivity index (χ0v) is 10.2. The summed E-state index contributed by atoms with van der Waals surface area (Å²) in [5, 5.41) is 0. The molecule has 0 aliphatic carbocycles. The Balaban J connectivity index is 2.26. The zero-order valence-electron chi connectivity index (χ0n) is 8.60. The van der Waals surface area contributed by atoms with Crippen LogP contribution < -0.4 is 10.6 Å². The number of rotatable bonds is 2. The molecule has 0 saturated carbocycles. The Hall–Kier alpha value is -1.14. The minimum atomic E-state index is -0.435. The van der Waals surface area contributed by atoms with Crippen molar-refractivity contribution >= 4 is 27.7 Å². The molecule has 0 bridgehead atoms.